The molecule has 13 heavy (non-hydrogen) atoms. The van der Waals surface area contributed by atoms with Gasteiger partial charge in [-0.3, -0.25) is 0 Å². The maximum atomic E-state index is 11.8. The van der Waals surface area contributed by atoms with Crippen LogP contribution in [0.4, 0.5) is 13.6 Å². The highest BCUT2D eigenvalue weighted by atomic mass is 19.3. The molecule has 1 aliphatic rings. The molecule has 74 valence electrons. The van der Waals surface area contributed by atoms with Crippen molar-refractivity contribution in [2.24, 2.45) is 0 Å². The number of carbonyl (C=O) groups is 2. The van der Waals surface area contributed by atoms with Gasteiger partial charge in [0.15, 0.2) is 0 Å². The third-order valence-electron chi connectivity index (χ3n) is 1.64. The molecule has 0 aromatic heterocycles. The first-order valence-corrected chi connectivity index (χ1v) is 3.57. The zero-order chi connectivity index (χ0) is 10.0. The molecule has 0 saturated carbocycles. The van der Waals surface area contributed by atoms with Crippen LogP contribution in [0, 0.1) is 0 Å². The standard InChI is InChI=1S/C6H8F2N2O3/c7-4(8)2-10-1-3(5(11)12)9-6(10)13/h3-4H,1-2H2,(H,9,13)(H,11,12)/t3-/m0/s1. The van der Waals surface area contributed by atoms with Crippen molar-refractivity contribution < 1.29 is 23.5 Å². The average Bonchev–Trinajstić information content (AvgIpc) is 2.31. The van der Waals surface area contributed by atoms with Crippen LogP contribution >= 0.6 is 0 Å². The van der Waals surface area contributed by atoms with E-state index >= 15 is 0 Å². The van der Waals surface area contributed by atoms with E-state index in [0.29, 0.717) is 0 Å². The van der Waals surface area contributed by atoms with Crippen molar-refractivity contribution >= 4 is 12.0 Å². The van der Waals surface area contributed by atoms with Gasteiger partial charge in [0.2, 0.25) is 0 Å². The summed E-state index contributed by atoms with van der Waals surface area (Å²) in [4.78, 5) is 22.0. The van der Waals surface area contributed by atoms with Crippen LogP contribution in [0.5, 0.6) is 0 Å². The van der Waals surface area contributed by atoms with Crippen LogP contribution in [-0.2, 0) is 4.79 Å². The first kappa shape index (κ1) is 9.69. The first-order chi connectivity index (χ1) is 6.00. The molecule has 2 amide bonds. The van der Waals surface area contributed by atoms with E-state index in [1.54, 1.807) is 0 Å². The summed E-state index contributed by atoms with van der Waals surface area (Å²) in [6.45, 7) is -0.936. The number of halogens is 2. The average molecular weight is 194 g/mol. The Labute approximate surface area is 72.3 Å². The number of carbonyl (C=O) groups excluding carboxylic acids is 1. The van der Waals surface area contributed by atoms with Crippen molar-refractivity contribution in [2.75, 3.05) is 13.1 Å². The van der Waals surface area contributed by atoms with Gasteiger partial charge in [0.05, 0.1) is 13.1 Å². The third-order valence-corrected chi connectivity index (χ3v) is 1.64. The Bertz CT molecular complexity index is 234. The van der Waals surface area contributed by atoms with Crippen molar-refractivity contribution in [1.82, 2.24) is 10.2 Å². The molecule has 0 unspecified atom stereocenters. The zero-order valence-electron chi connectivity index (χ0n) is 6.54. The van der Waals surface area contributed by atoms with Crippen molar-refractivity contribution in [3.63, 3.8) is 0 Å². The Balaban J connectivity index is 2.51. The summed E-state index contributed by atoms with van der Waals surface area (Å²) >= 11 is 0. The fraction of sp³-hybridized carbons (Fsp3) is 0.667. The minimum atomic E-state index is -2.64. The molecule has 0 bridgehead atoms. The van der Waals surface area contributed by atoms with E-state index in [1.165, 1.54) is 0 Å². The lowest BCUT2D eigenvalue weighted by molar-refractivity contribution is -0.138. The van der Waals surface area contributed by atoms with E-state index in [2.05, 4.69) is 5.32 Å². The number of nitrogens with one attached hydrogen (secondary N) is 1. The van der Waals surface area contributed by atoms with Gasteiger partial charge in [-0.1, -0.05) is 0 Å². The molecule has 5 nitrogen and oxygen atoms in total. The second kappa shape index (κ2) is 3.55. The van der Waals surface area contributed by atoms with E-state index in [-0.39, 0.29) is 6.54 Å². The fourth-order valence-corrected chi connectivity index (χ4v) is 1.05. The summed E-state index contributed by atoms with van der Waals surface area (Å²) in [5.41, 5.74) is 0. The quantitative estimate of drug-likeness (QED) is 0.649. The van der Waals surface area contributed by atoms with Crippen molar-refractivity contribution in [2.45, 2.75) is 12.5 Å². The number of amides is 2. The molecular formula is C6H8F2N2O3. The van der Waals surface area contributed by atoms with Crippen molar-refractivity contribution in [3.05, 3.63) is 0 Å². The molecule has 1 fully saturated rings. The lowest BCUT2D eigenvalue weighted by Gasteiger charge is -2.12. The highest BCUT2D eigenvalue weighted by Gasteiger charge is 2.34. The number of alkyl halides is 2. The van der Waals surface area contributed by atoms with Gasteiger partial charge in [-0.25, -0.2) is 18.4 Å². The van der Waals surface area contributed by atoms with Gasteiger partial charge in [-0.15, -0.1) is 0 Å². The maximum Gasteiger partial charge on any atom is 0.328 e. The van der Waals surface area contributed by atoms with Crippen LogP contribution in [0.1, 0.15) is 0 Å². The molecule has 0 aromatic carbocycles. The van der Waals surface area contributed by atoms with Gasteiger partial charge in [0.1, 0.15) is 6.04 Å². The third kappa shape index (κ3) is 2.27. The van der Waals surface area contributed by atoms with Gasteiger partial charge >= 0.3 is 12.0 Å². The molecule has 1 atom stereocenters. The van der Waals surface area contributed by atoms with E-state index in [1.807, 2.05) is 0 Å². The number of aliphatic carboxylic acids is 1. The largest absolute Gasteiger partial charge is 0.480 e. The van der Waals surface area contributed by atoms with Gasteiger partial charge < -0.3 is 15.3 Å². The van der Waals surface area contributed by atoms with E-state index in [9.17, 15) is 18.4 Å². The number of nitrogens with zero attached hydrogens (tertiary/aromatic N) is 1. The fourth-order valence-electron chi connectivity index (χ4n) is 1.05. The number of hydrogen-bond donors (Lipinski definition) is 2. The summed E-state index contributed by atoms with van der Waals surface area (Å²) in [6.07, 6.45) is -2.64. The smallest absolute Gasteiger partial charge is 0.328 e. The molecule has 1 rings (SSSR count). The normalized spacial score (nSPS) is 22.2. The monoisotopic (exact) mass is 194 g/mol. The molecule has 1 aliphatic heterocycles. The number of carboxylic acid groups (broad SMARTS) is 1. The molecule has 7 heteroatoms. The van der Waals surface area contributed by atoms with Crippen LogP contribution in [0.15, 0.2) is 0 Å². The Hall–Kier alpha value is -1.40. The van der Waals surface area contributed by atoms with E-state index in [4.69, 9.17) is 5.11 Å². The Morgan fingerprint density at radius 3 is 2.77 bits per heavy atom. The highest BCUT2D eigenvalue weighted by molar-refractivity contribution is 5.86. The first-order valence-electron chi connectivity index (χ1n) is 3.57. The number of urea groups is 1. The topological polar surface area (TPSA) is 69.6 Å². The number of rotatable bonds is 3. The molecule has 2 N–H and O–H groups in total. The Kier molecular flexibility index (Phi) is 2.64. The minimum Gasteiger partial charge on any atom is -0.480 e. The van der Waals surface area contributed by atoms with Crippen LogP contribution in [0.2, 0.25) is 0 Å². The summed E-state index contributed by atoms with van der Waals surface area (Å²) in [6, 6.07) is -1.83. The number of carboxylic acids is 1. The summed E-state index contributed by atoms with van der Waals surface area (Å²) in [5.74, 6) is -1.22. The molecule has 0 aliphatic carbocycles. The van der Waals surface area contributed by atoms with Crippen LogP contribution in [0.25, 0.3) is 0 Å². The van der Waals surface area contributed by atoms with Gasteiger partial charge in [0, 0.05) is 0 Å². The molecule has 1 saturated heterocycles. The Morgan fingerprint density at radius 1 is 1.77 bits per heavy atom. The summed E-state index contributed by atoms with van der Waals surface area (Å²) in [5, 5.41) is 10.5. The highest BCUT2D eigenvalue weighted by Crippen LogP contribution is 2.06. The summed E-state index contributed by atoms with van der Waals surface area (Å²) in [7, 11) is 0. The zero-order valence-corrected chi connectivity index (χ0v) is 6.54. The second-order valence-electron chi connectivity index (χ2n) is 2.64. The van der Waals surface area contributed by atoms with Crippen molar-refractivity contribution in [1.29, 1.82) is 0 Å². The second-order valence-corrected chi connectivity index (χ2v) is 2.64. The molecule has 0 radical (unpaired) electrons. The Morgan fingerprint density at radius 2 is 2.38 bits per heavy atom. The summed E-state index contributed by atoms with van der Waals surface area (Å²) < 4.78 is 23.6. The van der Waals surface area contributed by atoms with E-state index < -0.39 is 31.0 Å². The molecular weight excluding hydrogens is 186 g/mol. The molecule has 0 spiro atoms. The number of hydrogen-bond acceptors (Lipinski definition) is 2. The maximum absolute atomic E-state index is 11.8. The lowest BCUT2D eigenvalue weighted by atomic mass is 10.3. The van der Waals surface area contributed by atoms with Crippen LogP contribution in [0.3, 0.4) is 0 Å². The molecule has 0 aromatic rings. The van der Waals surface area contributed by atoms with Crippen LogP contribution in [-0.4, -0.2) is 47.6 Å². The minimum absolute atomic E-state index is 0.210. The van der Waals surface area contributed by atoms with Crippen LogP contribution < -0.4 is 5.32 Å². The predicted molar refractivity (Wildman–Crippen MR) is 37.5 cm³/mol. The SMILES string of the molecule is O=C(O)[C@@H]1CN(CC(F)F)C(=O)N1. The van der Waals surface area contributed by atoms with Gasteiger partial charge in [-0.05, 0) is 0 Å². The predicted octanol–water partition coefficient (Wildman–Crippen LogP) is -0.270. The lowest BCUT2D eigenvalue weighted by Crippen LogP contribution is -2.34. The van der Waals surface area contributed by atoms with Gasteiger partial charge in [-0.2, -0.15) is 0 Å². The van der Waals surface area contributed by atoms with E-state index in [0.717, 1.165) is 4.90 Å². The molecule has 1 heterocycles. The van der Waals surface area contributed by atoms with Gasteiger partial charge in [0.25, 0.3) is 6.43 Å². The van der Waals surface area contributed by atoms with Crippen molar-refractivity contribution in [3.8, 4) is 0 Å².